The van der Waals surface area contributed by atoms with Gasteiger partial charge in [-0.05, 0) is 19.1 Å². The highest BCUT2D eigenvalue weighted by Crippen LogP contribution is 2.37. The van der Waals surface area contributed by atoms with Gasteiger partial charge in [0.15, 0.2) is 11.5 Å². The molecule has 0 aliphatic rings. The Kier molecular flexibility index (Phi) is 6.35. The van der Waals surface area contributed by atoms with Crippen molar-refractivity contribution in [2.24, 2.45) is 10.2 Å². The minimum absolute atomic E-state index is 0.366. The molecule has 13 heteroatoms. The Bertz CT molecular complexity index is 1100. The Labute approximate surface area is 163 Å². The van der Waals surface area contributed by atoms with E-state index in [4.69, 9.17) is 4.55 Å². The number of Topliss-reactive ketones (excluding diaryl/α,β-unsaturated/α-hetero) is 1. The molecule has 2 aromatic rings. The molecular weight excluding hydrogens is 408 g/mol. The number of anilines is 1. The van der Waals surface area contributed by atoms with Crippen LogP contribution < -0.4 is 5.32 Å². The average Bonchev–Trinajstić information content (AvgIpc) is 2.62. The van der Waals surface area contributed by atoms with Crippen LogP contribution in [0.5, 0.6) is 5.75 Å². The van der Waals surface area contributed by atoms with Crippen molar-refractivity contribution in [1.82, 2.24) is 0 Å². The Morgan fingerprint density at radius 2 is 1.83 bits per heavy atom. The summed E-state index contributed by atoms with van der Waals surface area (Å²) in [4.78, 5) is 32.8. The molecular formula is C16H14N4O8S. The van der Waals surface area contributed by atoms with Crippen molar-refractivity contribution in [1.29, 1.82) is 0 Å². The van der Waals surface area contributed by atoms with Gasteiger partial charge in [0.25, 0.3) is 21.7 Å². The van der Waals surface area contributed by atoms with Gasteiger partial charge in [0.05, 0.1) is 4.92 Å². The number of azo groups is 1. The lowest BCUT2D eigenvalue weighted by atomic mass is 10.2. The number of nitrogens with one attached hydrogen (secondary N) is 1. The highest BCUT2D eigenvalue weighted by atomic mass is 32.2. The SMILES string of the molecule is CC(=O)C(N=Nc1cc([N+](=O)[O-])cc(S(=O)(=O)O)c1O)C(=O)Nc1ccccc1. The van der Waals surface area contributed by atoms with E-state index in [2.05, 4.69) is 15.5 Å². The summed E-state index contributed by atoms with van der Waals surface area (Å²) in [6.45, 7) is 1.05. The first-order valence-electron chi connectivity index (χ1n) is 7.77. The largest absolute Gasteiger partial charge is 0.504 e. The summed E-state index contributed by atoms with van der Waals surface area (Å²) in [5.74, 6) is -2.73. The summed E-state index contributed by atoms with van der Waals surface area (Å²) < 4.78 is 31.8. The van der Waals surface area contributed by atoms with Crippen LogP contribution in [0, 0.1) is 10.1 Å². The number of nitrogens with zero attached hydrogens (tertiary/aromatic N) is 3. The standard InChI is InChI=1S/C16H14N4O8S/c1-9(21)14(16(23)17-10-5-3-2-4-6-10)19-18-12-7-11(20(24)25)8-13(15(12)22)29(26,27)28/h2-8,14,22H,1H3,(H,17,23)(H,26,27,28). The van der Waals surface area contributed by atoms with Crippen LogP contribution in [-0.4, -0.2) is 40.7 Å². The molecule has 0 aliphatic heterocycles. The number of ketones is 1. The first kappa shape index (κ1) is 21.6. The van der Waals surface area contributed by atoms with Crippen molar-refractivity contribution in [3.63, 3.8) is 0 Å². The van der Waals surface area contributed by atoms with Crippen LogP contribution in [-0.2, 0) is 19.7 Å². The average molecular weight is 422 g/mol. The number of phenols is 1. The number of rotatable bonds is 7. The van der Waals surface area contributed by atoms with Crippen molar-refractivity contribution in [2.75, 3.05) is 5.32 Å². The molecule has 0 saturated carbocycles. The number of benzene rings is 2. The fourth-order valence-electron chi connectivity index (χ4n) is 2.13. The van der Waals surface area contributed by atoms with Gasteiger partial charge in [-0.2, -0.15) is 18.6 Å². The smallest absolute Gasteiger partial charge is 0.298 e. The number of non-ortho nitro benzene ring substituents is 1. The zero-order chi connectivity index (χ0) is 21.8. The molecule has 1 atom stereocenters. The third-order valence-corrected chi connectivity index (χ3v) is 4.35. The number of aromatic hydroxyl groups is 1. The van der Waals surface area contributed by atoms with Gasteiger partial charge in [-0.1, -0.05) is 18.2 Å². The third kappa shape index (κ3) is 5.40. The number of carbonyl (C=O) groups is 2. The first-order valence-corrected chi connectivity index (χ1v) is 9.21. The van der Waals surface area contributed by atoms with E-state index in [1.165, 1.54) is 0 Å². The van der Waals surface area contributed by atoms with Gasteiger partial charge in [-0.25, -0.2) is 0 Å². The summed E-state index contributed by atoms with van der Waals surface area (Å²) in [5, 5.41) is 30.2. The lowest BCUT2D eigenvalue weighted by Gasteiger charge is -2.09. The van der Waals surface area contributed by atoms with Crippen LogP contribution in [0.4, 0.5) is 17.1 Å². The maximum atomic E-state index is 12.3. The van der Waals surface area contributed by atoms with Crippen molar-refractivity contribution in [3.8, 4) is 5.75 Å². The summed E-state index contributed by atoms with van der Waals surface area (Å²) in [6.07, 6.45) is 0. The molecule has 2 aromatic carbocycles. The number of carbonyl (C=O) groups excluding carboxylic acids is 2. The van der Waals surface area contributed by atoms with E-state index < -0.39 is 54.8 Å². The van der Waals surface area contributed by atoms with Gasteiger partial charge in [-0.15, -0.1) is 0 Å². The number of para-hydroxylation sites is 1. The maximum Gasteiger partial charge on any atom is 0.298 e. The highest BCUT2D eigenvalue weighted by molar-refractivity contribution is 7.86. The topological polar surface area (TPSA) is 189 Å². The number of nitro groups is 1. The van der Waals surface area contributed by atoms with Crippen LogP contribution in [0.1, 0.15) is 6.92 Å². The van der Waals surface area contributed by atoms with Crippen LogP contribution in [0.15, 0.2) is 57.6 Å². The molecule has 1 amide bonds. The number of phenolic OH excluding ortho intramolecular Hbond substituents is 1. The van der Waals surface area contributed by atoms with E-state index in [9.17, 15) is 33.2 Å². The van der Waals surface area contributed by atoms with E-state index in [-0.39, 0.29) is 0 Å². The number of nitro benzene ring substituents is 1. The lowest BCUT2D eigenvalue weighted by Crippen LogP contribution is -2.31. The molecule has 12 nitrogen and oxygen atoms in total. The molecule has 29 heavy (non-hydrogen) atoms. The third-order valence-electron chi connectivity index (χ3n) is 3.48. The van der Waals surface area contributed by atoms with E-state index in [0.29, 0.717) is 17.8 Å². The van der Waals surface area contributed by atoms with E-state index in [1.807, 2.05) is 0 Å². The first-order chi connectivity index (χ1) is 13.5. The summed E-state index contributed by atoms with van der Waals surface area (Å²) in [7, 11) is -5.03. The molecule has 3 N–H and O–H groups in total. The number of hydrogen-bond donors (Lipinski definition) is 3. The van der Waals surface area contributed by atoms with Gasteiger partial charge in [0, 0.05) is 17.8 Å². The minimum atomic E-state index is -5.03. The highest BCUT2D eigenvalue weighted by Gasteiger charge is 2.26. The zero-order valence-electron chi connectivity index (χ0n) is 14.7. The summed E-state index contributed by atoms with van der Waals surface area (Å²) >= 11 is 0. The molecule has 0 spiro atoms. The van der Waals surface area contributed by atoms with Gasteiger partial charge in [0.1, 0.15) is 10.6 Å². The Hall–Kier alpha value is -3.71. The van der Waals surface area contributed by atoms with Gasteiger partial charge in [0.2, 0.25) is 6.04 Å². The van der Waals surface area contributed by atoms with E-state index in [1.54, 1.807) is 30.3 Å². The predicted molar refractivity (Wildman–Crippen MR) is 98.6 cm³/mol. The Balaban J connectivity index is 2.43. The van der Waals surface area contributed by atoms with Crippen molar-refractivity contribution >= 4 is 38.9 Å². The summed E-state index contributed by atoms with van der Waals surface area (Å²) in [5.41, 5.74) is -1.19. The van der Waals surface area contributed by atoms with Gasteiger partial charge >= 0.3 is 0 Å². The van der Waals surface area contributed by atoms with Crippen molar-refractivity contribution in [3.05, 3.63) is 52.6 Å². The van der Waals surface area contributed by atoms with Crippen molar-refractivity contribution < 1.29 is 32.6 Å². The molecule has 0 fully saturated rings. The molecule has 1 unspecified atom stereocenters. The van der Waals surface area contributed by atoms with Gasteiger partial charge in [-0.3, -0.25) is 24.3 Å². The van der Waals surface area contributed by atoms with E-state index in [0.717, 1.165) is 6.92 Å². The van der Waals surface area contributed by atoms with Crippen LogP contribution in [0.2, 0.25) is 0 Å². The summed E-state index contributed by atoms with van der Waals surface area (Å²) in [6, 6.07) is 7.50. The minimum Gasteiger partial charge on any atom is -0.504 e. The number of hydrogen-bond acceptors (Lipinski definition) is 9. The molecule has 0 heterocycles. The normalized spacial score (nSPS) is 12.5. The van der Waals surface area contributed by atoms with Gasteiger partial charge < -0.3 is 10.4 Å². The molecule has 0 aromatic heterocycles. The molecule has 2 rings (SSSR count). The lowest BCUT2D eigenvalue weighted by molar-refractivity contribution is -0.385. The second-order valence-corrected chi connectivity index (χ2v) is 7.02. The van der Waals surface area contributed by atoms with Crippen LogP contribution in [0.25, 0.3) is 0 Å². The van der Waals surface area contributed by atoms with Crippen LogP contribution in [0.3, 0.4) is 0 Å². The molecule has 0 aliphatic carbocycles. The monoisotopic (exact) mass is 422 g/mol. The fraction of sp³-hybridized carbons (Fsp3) is 0.125. The van der Waals surface area contributed by atoms with Crippen LogP contribution >= 0.6 is 0 Å². The Morgan fingerprint density at radius 3 is 2.34 bits per heavy atom. The zero-order valence-corrected chi connectivity index (χ0v) is 15.5. The fourth-order valence-corrected chi connectivity index (χ4v) is 2.75. The second kappa shape index (κ2) is 8.53. The maximum absolute atomic E-state index is 12.3. The predicted octanol–water partition coefficient (Wildman–Crippen LogP) is 2.23. The molecule has 0 saturated heterocycles. The van der Waals surface area contributed by atoms with Crippen molar-refractivity contribution in [2.45, 2.75) is 17.9 Å². The Morgan fingerprint density at radius 1 is 1.21 bits per heavy atom. The molecule has 0 radical (unpaired) electrons. The molecule has 0 bridgehead atoms. The van der Waals surface area contributed by atoms with E-state index >= 15 is 0 Å². The number of amides is 1. The second-order valence-electron chi connectivity index (χ2n) is 5.63. The quantitative estimate of drug-likeness (QED) is 0.199. The molecule has 152 valence electrons.